The van der Waals surface area contributed by atoms with Crippen molar-refractivity contribution in [3.63, 3.8) is 0 Å². The molecule has 0 fully saturated rings. The minimum Gasteiger partial charge on any atom is -0.486 e. The second kappa shape index (κ2) is 8.23. The summed E-state index contributed by atoms with van der Waals surface area (Å²) in [5.74, 6) is 0.415. The first-order valence-electron chi connectivity index (χ1n) is 8.11. The molecule has 0 saturated heterocycles. The van der Waals surface area contributed by atoms with Crippen LogP contribution in [-0.2, 0) is 20.7 Å². The van der Waals surface area contributed by atoms with Gasteiger partial charge in [-0.25, -0.2) is 0 Å². The molecule has 0 atom stereocenters. The molecule has 0 unspecified atom stereocenters. The zero-order valence-corrected chi connectivity index (χ0v) is 15.8. The summed E-state index contributed by atoms with van der Waals surface area (Å²) in [6.07, 6.45) is 0.0568. The van der Waals surface area contributed by atoms with E-state index in [9.17, 15) is 9.59 Å². The van der Waals surface area contributed by atoms with Crippen LogP contribution in [0.1, 0.15) is 11.1 Å². The lowest BCUT2D eigenvalue weighted by Gasteiger charge is -2.18. The fourth-order valence-electron chi connectivity index (χ4n) is 2.52. The molecular formula is C19H18BrNO5. The summed E-state index contributed by atoms with van der Waals surface area (Å²) in [5, 5.41) is 2.72. The van der Waals surface area contributed by atoms with Gasteiger partial charge in [-0.3, -0.25) is 9.59 Å². The van der Waals surface area contributed by atoms with Crippen molar-refractivity contribution in [1.29, 1.82) is 0 Å². The van der Waals surface area contributed by atoms with Gasteiger partial charge in [0.25, 0.3) is 5.91 Å². The molecule has 6 nitrogen and oxygen atoms in total. The molecule has 2 aromatic rings. The van der Waals surface area contributed by atoms with Gasteiger partial charge in [-0.2, -0.15) is 0 Å². The standard InChI is InChI=1S/C19H18BrNO5/c1-12-8-14(20)3-4-15(12)21-18(22)11-26-19(23)10-13-2-5-16-17(9-13)25-7-6-24-16/h2-5,8-9H,6-7,10-11H2,1H3,(H,21,22). The number of nitrogens with one attached hydrogen (secondary N) is 1. The summed E-state index contributed by atoms with van der Waals surface area (Å²) < 4.78 is 16.9. The average molecular weight is 420 g/mol. The number of anilines is 1. The van der Waals surface area contributed by atoms with Crippen LogP contribution in [0.2, 0.25) is 0 Å². The Morgan fingerprint density at radius 3 is 2.65 bits per heavy atom. The van der Waals surface area contributed by atoms with Crippen molar-refractivity contribution in [2.75, 3.05) is 25.1 Å². The quantitative estimate of drug-likeness (QED) is 0.752. The van der Waals surface area contributed by atoms with Gasteiger partial charge in [0.15, 0.2) is 18.1 Å². The predicted octanol–water partition coefficient (Wildman–Crippen LogP) is 3.25. The van der Waals surface area contributed by atoms with E-state index in [1.54, 1.807) is 24.3 Å². The van der Waals surface area contributed by atoms with Crippen molar-refractivity contribution in [2.45, 2.75) is 13.3 Å². The first kappa shape index (κ1) is 18.3. The van der Waals surface area contributed by atoms with E-state index in [-0.39, 0.29) is 18.9 Å². The van der Waals surface area contributed by atoms with Gasteiger partial charge in [0.05, 0.1) is 6.42 Å². The number of hydrogen-bond acceptors (Lipinski definition) is 5. The van der Waals surface area contributed by atoms with E-state index < -0.39 is 5.97 Å². The van der Waals surface area contributed by atoms with Crippen molar-refractivity contribution in [3.05, 3.63) is 52.0 Å². The molecule has 7 heteroatoms. The summed E-state index contributed by atoms with van der Waals surface area (Å²) in [7, 11) is 0. The van der Waals surface area contributed by atoms with Crippen LogP contribution in [0.3, 0.4) is 0 Å². The Hall–Kier alpha value is -2.54. The topological polar surface area (TPSA) is 73.9 Å². The van der Waals surface area contributed by atoms with Gasteiger partial charge in [-0.1, -0.05) is 22.0 Å². The lowest BCUT2D eigenvalue weighted by Crippen LogP contribution is -2.22. The minimum absolute atomic E-state index is 0.0568. The van der Waals surface area contributed by atoms with Gasteiger partial charge in [-0.15, -0.1) is 0 Å². The SMILES string of the molecule is Cc1cc(Br)ccc1NC(=O)COC(=O)Cc1ccc2c(c1)OCCO2. The van der Waals surface area contributed by atoms with Crippen LogP contribution in [0.15, 0.2) is 40.9 Å². The van der Waals surface area contributed by atoms with Gasteiger partial charge in [0.2, 0.25) is 0 Å². The number of ether oxygens (including phenoxy) is 3. The number of esters is 1. The molecular weight excluding hydrogens is 402 g/mol. The van der Waals surface area contributed by atoms with Gasteiger partial charge in [0.1, 0.15) is 13.2 Å². The smallest absolute Gasteiger partial charge is 0.310 e. The van der Waals surface area contributed by atoms with Gasteiger partial charge in [0, 0.05) is 10.2 Å². The highest BCUT2D eigenvalue weighted by atomic mass is 79.9. The van der Waals surface area contributed by atoms with Crippen LogP contribution in [0.25, 0.3) is 0 Å². The number of hydrogen-bond donors (Lipinski definition) is 1. The molecule has 3 rings (SSSR count). The third-order valence-corrected chi connectivity index (χ3v) is 4.28. The van der Waals surface area contributed by atoms with E-state index in [1.807, 2.05) is 19.1 Å². The lowest BCUT2D eigenvalue weighted by molar-refractivity contribution is -0.146. The van der Waals surface area contributed by atoms with Crippen LogP contribution >= 0.6 is 15.9 Å². The average Bonchev–Trinajstić information content (AvgIpc) is 2.62. The first-order valence-corrected chi connectivity index (χ1v) is 8.91. The fourth-order valence-corrected chi connectivity index (χ4v) is 2.99. The highest BCUT2D eigenvalue weighted by molar-refractivity contribution is 9.10. The Labute approximate surface area is 159 Å². The van der Waals surface area contributed by atoms with Crippen molar-refractivity contribution >= 4 is 33.5 Å². The maximum Gasteiger partial charge on any atom is 0.310 e. The van der Waals surface area contributed by atoms with E-state index >= 15 is 0 Å². The number of carbonyl (C=O) groups excluding carboxylic acids is 2. The van der Waals surface area contributed by atoms with E-state index in [0.717, 1.165) is 15.6 Å². The Morgan fingerprint density at radius 2 is 1.88 bits per heavy atom. The van der Waals surface area contributed by atoms with Crippen molar-refractivity contribution < 1.29 is 23.8 Å². The van der Waals surface area contributed by atoms with Crippen molar-refractivity contribution in [2.24, 2.45) is 0 Å². The Kier molecular flexibility index (Phi) is 5.78. The molecule has 1 aliphatic heterocycles. The number of fused-ring (bicyclic) bond motifs is 1. The predicted molar refractivity (Wildman–Crippen MR) is 99.6 cm³/mol. The number of amides is 1. The maximum absolute atomic E-state index is 12.0. The van der Waals surface area contributed by atoms with Crippen LogP contribution in [0.5, 0.6) is 11.5 Å². The van der Waals surface area contributed by atoms with Crippen LogP contribution in [-0.4, -0.2) is 31.7 Å². The third kappa shape index (κ3) is 4.76. The van der Waals surface area contributed by atoms with E-state index in [1.165, 1.54) is 0 Å². The minimum atomic E-state index is -0.482. The first-order chi connectivity index (χ1) is 12.5. The largest absolute Gasteiger partial charge is 0.486 e. The number of carbonyl (C=O) groups is 2. The summed E-state index contributed by atoms with van der Waals surface area (Å²) in [5.41, 5.74) is 2.33. The van der Waals surface area contributed by atoms with Crippen LogP contribution in [0, 0.1) is 6.92 Å². The Bertz CT molecular complexity index is 837. The number of halogens is 1. The van der Waals surface area contributed by atoms with Gasteiger partial charge < -0.3 is 19.5 Å². The molecule has 1 amide bonds. The van der Waals surface area contributed by atoms with Crippen LogP contribution in [0.4, 0.5) is 5.69 Å². The maximum atomic E-state index is 12.0. The number of benzene rings is 2. The fraction of sp³-hybridized carbons (Fsp3) is 0.263. The molecule has 1 aliphatic rings. The summed E-state index contributed by atoms with van der Waals surface area (Å²) in [6, 6.07) is 10.8. The van der Waals surface area contributed by atoms with Crippen LogP contribution < -0.4 is 14.8 Å². The summed E-state index contributed by atoms with van der Waals surface area (Å²) in [6.45, 7) is 2.55. The monoisotopic (exact) mass is 419 g/mol. The van der Waals surface area contributed by atoms with Crippen molar-refractivity contribution in [3.8, 4) is 11.5 Å². The van der Waals surface area contributed by atoms with Crippen molar-refractivity contribution in [1.82, 2.24) is 0 Å². The second-order valence-corrected chi connectivity index (χ2v) is 6.74. The normalized spacial score (nSPS) is 12.4. The molecule has 136 valence electrons. The third-order valence-electron chi connectivity index (χ3n) is 3.78. The summed E-state index contributed by atoms with van der Waals surface area (Å²) in [4.78, 5) is 23.9. The molecule has 0 bridgehead atoms. The molecule has 26 heavy (non-hydrogen) atoms. The zero-order chi connectivity index (χ0) is 18.5. The number of rotatable bonds is 5. The van der Waals surface area contributed by atoms with E-state index in [0.29, 0.717) is 30.4 Å². The second-order valence-electron chi connectivity index (χ2n) is 5.82. The van der Waals surface area contributed by atoms with Gasteiger partial charge in [-0.05, 0) is 48.4 Å². The van der Waals surface area contributed by atoms with Gasteiger partial charge >= 0.3 is 5.97 Å². The van der Waals surface area contributed by atoms with E-state index in [4.69, 9.17) is 14.2 Å². The highest BCUT2D eigenvalue weighted by Gasteiger charge is 2.14. The molecule has 0 saturated carbocycles. The molecule has 0 aromatic heterocycles. The molecule has 0 radical (unpaired) electrons. The molecule has 1 N–H and O–H groups in total. The highest BCUT2D eigenvalue weighted by Crippen LogP contribution is 2.30. The summed E-state index contributed by atoms with van der Waals surface area (Å²) >= 11 is 3.37. The number of aryl methyl sites for hydroxylation is 1. The molecule has 0 aliphatic carbocycles. The molecule has 2 aromatic carbocycles. The zero-order valence-electron chi connectivity index (χ0n) is 14.2. The Morgan fingerprint density at radius 1 is 1.12 bits per heavy atom. The Balaban J connectivity index is 1.50. The molecule has 0 spiro atoms. The molecule has 1 heterocycles. The lowest BCUT2D eigenvalue weighted by atomic mass is 10.1. The van der Waals surface area contributed by atoms with E-state index in [2.05, 4.69) is 21.2 Å².